The molecule has 0 aliphatic carbocycles. The van der Waals surface area contributed by atoms with Crippen LogP contribution in [0.3, 0.4) is 0 Å². The van der Waals surface area contributed by atoms with Crippen LogP contribution in [0.2, 0.25) is 0 Å². The number of nitrogens with two attached hydrogens (primary N) is 1. The third kappa shape index (κ3) is 3.26. The lowest BCUT2D eigenvalue weighted by molar-refractivity contribution is -0.128. The monoisotopic (exact) mass is 478 g/mol. The van der Waals surface area contributed by atoms with Gasteiger partial charge in [-0.05, 0) is 44.5 Å². The van der Waals surface area contributed by atoms with E-state index in [1.165, 1.54) is 4.90 Å². The average Bonchev–Trinajstić information content (AvgIpc) is 3.27. The van der Waals surface area contributed by atoms with Gasteiger partial charge in [-0.3, -0.25) is 9.69 Å². The van der Waals surface area contributed by atoms with E-state index in [1.807, 2.05) is 84.9 Å². The maximum absolute atomic E-state index is 14.7. The third-order valence-corrected chi connectivity index (χ3v) is 6.50. The van der Waals surface area contributed by atoms with Crippen molar-refractivity contribution < 1.29 is 14.3 Å². The van der Waals surface area contributed by atoms with E-state index in [0.717, 1.165) is 0 Å². The number of hydrogen-bond acceptors (Lipinski definition) is 5. The van der Waals surface area contributed by atoms with Gasteiger partial charge >= 0.3 is 6.09 Å². The Morgan fingerprint density at radius 3 is 2.17 bits per heavy atom. The summed E-state index contributed by atoms with van der Waals surface area (Å²) in [5, 5.41) is 10.3. The van der Waals surface area contributed by atoms with Gasteiger partial charge in [0.25, 0.3) is 5.91 Å². The number of ether oxygens (including phenoxy) is 1. The summed E-state index contributed by atoms with van der Waals surface area (Å²) < 4.78 is 5.75. The van der Waals surface area contributed by atoms with Gasteiger partial charge in [-0.2, -0.15) is 5.26 Å². The second-order valence-corrected chi connectivity index (χ2v) is 9.83. The Hall–Kier alpha value is -4.57. The Morgan fingerprint density at radius 1 is 0.972 bits per heavy atom. The maximum atomic E-state index is 14.7. The molecule has 2 N–H and O–H groups in total. The van der Waals surface area contributed by atoms with Gasteiger partial charge in [0.15, 0.2) is 5.54 Å². The van der Waals surface area contributed by atoms with E-state index in [4.69, 9.17) is 10.5 Å². The van der Waals surface area contributed by atoms with Crippen LogP contribution in [0.5, 0.6) is 0 Å². The standard InChI is InChI=1S/C29H26N4O3/c1-28(2,3)36-27(35)33-25(31)21(18-30)24(19-12-6-4-7-13-19)29(33)22-16-10-11-17-23(22)32(26(29)34)20-14-8-5-9-15-20/h4-17,24H,31H2,1-3H3/t24-,29+/m1/s1. The summed E-state index contributed by atoms with van der Waals surface area (Å²) in [6, 6.07) is 28.0. The lowest BCUT2D eigenvalue weighted by Crippen LogP contribution is -2.56. The zero-order chi connectivity index (χ0) is 25.7. The van der Waals surface area contributed by atoms with Crippen LogP contribution in [0.1, 0.15) is 37.8 Å². The molecule has 2 atom stereocenters. The minimum absolute atomic E-state index is 0.0846. The molecule has 5 rings (SSSR count). The predicted octanol–water partition coefficient (Wildman–Crippen LogP) is 5.29. The van der Waals surface area contributed by atoms with Crippen molar-refractivity contribution in [1.82, 2.24) is 4.90 Å². The van der Waals surface area contributed by atoms with Crippen LogP contribution in [-0.4, -0.2) is 22.5 Å². The van der Waals surface area contributed by atoms with Crippen LogP contribution in [0.25, 0.3) is 0 Å². The molecule has 0 saturated heterocycles. The topological polar surface area (TPSA) is 99.7 Å². The summed E-state index contributed by atoms with van der Waals surface area (Å²) in [5.41, 5.74) is 6.73. The van der Waals surface area contributed by atoms with Gasteiger partial charge in [0.1, 0.15) is 11.4 Å². The summed E-state index contributed by atoms with van der Waals surface area (Å²) in [6.45, 7) is 5.23. The first-order chi connectivity index (χ1) is 17.2. The van der Waals surface area contributed by atoms with Crippen molar-refractivity contribution in [2.75, 3.05) is 4.90 Å². The van der Waals surface area contributed by atoms with Crippen LogP contribution in [0, 0.1) is 11.3 Å². The summed E-state index contributed by atoms with van der Waals surface area (Å²) in [6.07, 6.45) is -0.788. The zero-order valence-electron chi connectivity index (χ0n) is 20.3. The Balaban J connectivity index is 1.85. The molecule has 0 aromatic heterocycles. The number of para-hydroxylation sites is 2. The fourth-order valence-corrected chi connectivity index (χ4v) is 5.24. The fourth-order valence-electron chi connectivity index (χ4n) is 5.24. The van der Waals surface area contributed by atoms with Crippen LogP contribution < -0.4 is 10.6 Å². The Kier molecular flexibility index (Phi) is 5.33. The number of carbonyl (C=O) groups excluding carboxylic acids is 2. The summed E-state index contributed by atoms with van der Waals surface area (Å²) in [4.78, 5) is 31.3. The van der Waals surface area contributed by atoms with E-state index in [0.29, 0.717) is 22.5 Å². The highest BCUT2D eigenvalue weighted by Crippen LogP contribution is 2.60. The number of fused-ring (bicyclic) bond motifs is 2. The average molecular weight is 479 g/mol. The number of nitriles is 1. The van der Waals surface area contributed by atoms with E-state index < -0.39 is 23.2 Å². The molecule has 0 saturated carbocycles. The SMILES string of the molecule is CC(C)(C)OC(=O)N1C(N)=C(C#N)[C@@H](c2ccccc2)[C@@]12C(=O)N(c1ccccc1)c1ccccc12. The van der Waals surface area contributed by atoms with Gasteiger partial charge < -0.3 is 10.5 Å². The first-order valence-corrected chi connectivity index (χ1v) is 11.7. The molecule has 0 fully saturated rings. The van der Waals surface area contributed by atoms with Crippen LogP contribution in [0.4, 0.5) is 16.2 Å². The van der Waals surface area contributed by atoms with Gasteiger partial charge in [-0.15, -0.1) is 0 Å². The van der Waals surface area contributed by atoms with Gasteiger partial charge in [0.05, 0.1) is 23.2 Å². The predicted molar refractivity (Wildman–Crippen MR) is 136 cm³/mol. The second-order valence-electron chi connectivity index (χ2n) is 9.83. The Labute approximate surface area is 210 Å². The summed E-state index contributed by atoms with van der Waals surface area (Å²) >= 11 is 0. The largest absolute Gasteiger partial charge is 0.443 e. The molecular weight excluding hydrogens is 452 g/mol. The Morgan fingerprint density at radius 2 is 1.56 bits per heavy atom. The first-order valence-electron chi connectivity index (χ1n) is 11.7. The molecule has 3 aromatic carbocycles. The lowest BCUT2D eigenvalue weighted by atomic mass is 9.73. The second kappa shape index (κ2) is 8.28. The van der Waals surface area contributed by atoms with Crippen LogP contribution in [0.15, 0.2) is 96.3 Å². The molecule has 2 aliphatic rings. The molecule has 1 spiro atoms. The van der Waals surface area contributed by atoms with E-state index >= 15 is 0 Å². The highest BCUT2D eigenvalue weighted by Gasteiger charge is 2.67. The third-order valence-electron chi connectivity index (χ3n) is 6.50. The number of nitrogens with zero attached hydrogens (tertiary/aromatic N) is 3. The van der Waals surface area contributed by atoms with E-state index in [9.17, 15) is 14.9 Å². The fraction of sp³-hybridized carbons (Fsp3) is 0.207. The van der Waals surface area contributed by atoms with Crippen LogP contribution >= 0.6 is 0 Å². The zero-order valence-corrected chi connectivity index (χ0v) is 20.3. The van der Waals surface area contributed by atoms with Gasteiger partial charge in [-0.25, -0.2) is 9.69 Å². The highest BCUT2D eigenvalue weighted by molar-refractivity contribution is 6.15. The maximum Gasteiger partial charge on any atom is 0.417 e. The van der Waals surface area contributed by atoms with Gasteiger partial charge in [-0.1, -0.05) is 66.7 Å². The molecule has 0 radical (unpaired) electrons. The number of rotatable bonds is 2. The van der Waals surface area contributed by atoms with Crippen molar-refractivity contribution in [2.24, 2.45) is 5.73 Å². The molecule has 180 valence electrons. The Bertz CT molecular complexity index is 1420. The highest BCUT2D eigenvalue weighted by atomic mass is 16.6. The molecule has 2 heterocycles. The lowest BCUT2D eigenvalue weighted by Gasteiger charge is -2.39. The van der Waals surface area contributed by atoms with Gasteiger partial charge in [0, 0.05) is 11.3 Å². The minimum atomic E-state index is -1.65. The minimum Gasteiger partial charge on any atom is -0.443 e. The number of amides is 2. The van der Waals surface area contributed by atoms with Gasteiger partial charge in [0.2, 0.25) is 0 Å². The van der Waals surface area contributed by atoms with Crippen molar-refractivity contribution in [3.63, 3.8) is 0 Å². The molecule has 2 amide bonds. The van der Waals surface area contributed by atoms with E-state index in [-0.39, 0.29) is 17.3 Å². The van der Waals surface area contributed by atoms with Crippen molar-refractivity contribution in [3.8, 4) is 6.07 Å². The molecule has 0 unspecified atom stereocenters. The summed E-state index contributed by atoms with van der Waals surface area (Å²) in [5.74, 6) is -1.31. The molecular formula is C29H26N4O3. The van der Waals surface area contributed by atoms with Crippen molar-refractivity contribution in [2.45, 2.75) is 37.8 Å². The van der Waals surface area contributed by atoms with Crippen molar-refractivity contribution in [3.05, 3.63) is 107 Å². The molecule has 3 aromatic rings. The normalized spacial score (nSPS) is 21.1. The van der Waals surface area contributed by atoms with Crippen LogP contribution in [-0.2, 0) is 15.1 Å². The smallest absolute Gasteiger partial charge is 0.417 e. The summed E-state index contributed by atoms with van der Waals surface area (Å²) in [7, 11) is 0. The quantitative estimate of drug-likeness (QED) is 0.540. The first kappa shape index (κ1) is 23.2. The molecule has 7 nitrogen and oxygen atoms in total. The molecule has 7 heteroatoms. The number of carbonyl (C=O) groups is 2. The number of anilines is 2. The van der Waals surface area contributed by atoms with E-state index in [1.54, 1.807) is 25.7 Å². The molecule has 36 heavy (non-hydrogen) atoms. The number of benzene rings is 3. The molecule has 0 bridgehead atoms. The van der Waals surface area contributed by atoms with E-state index in [2.05, 4.69) is 6.07 Å². The van der Waals surface area contributed by atoms with Crippen molar-refractivity contribution >= 4 is 23.4 Å². The van der Waals surface area contributed by atoms with Crippen molar-refractivity contribution in [1.29, 1.82) is 5.26 Å². The number of hydrogen-bond donors (Lipinski definition) is 1. The molecule has 2 aliphatic heterocycles.